The fraction of sp³-hybridized carbons (Fsp3) is 0.158. The molecular formula is C19H19N5O2. The molecule has 26 heavy (non-hydrogen) atoms. The van der Waals surface area contributed by atoms with Crippen molar-refractivity contribution in [3.8, 4) is 0 Å². The Morgan fingerprint density at radius 2 is 1.81 bits per heavy atom. The normalized spacial score (nSPS) is 10.4. The first-order valence-corrected chi connectivity index (χ1v) is 8.16. The van der Waals surface area contributed by atoms with Gasteiger partial charge in [-0.05, 0) is 30.7 Å². The molecule has 0 fully saturated rings. The molecule has 1 aromatic heterocycles. The van der Waals surface area contributed by atoms with Crippen molar-refractivity contribution in [3.63, 3.8) is 0 Å². The summed E-state index contributed by atoms with van der Waals surface area (Å²) in [4.78, 5) is 24.2. The van der Waals surface area contributed by atoms with Gasteiger partial charge in [0.2, 0.25) is 0 Å². The van der Waals surface area contributed by atoms with E-state index in [1.807, 2.05) is 30.3 Å². The Labute approximate surface area is 151 Å². The van der Waals surface area contributed by atoms with Crippen LogP contribution in [0.25, 0.3) is 0 Å². The number of nitrogens with zero attached hydrogens (tertiary/aromatic N) is 3. The minimum Gasteiger partial charge on any atom is -0.355 e. The lowest BCUT2D eigenvalue weighted by Gasteiger charge is -2.07. The zero-order valence-electron chi connectivity index (χ0n) is 14.6. The maximum Gasteiger partial charge on any atom is 0.278 e. The summed E-state index contributed by atoms with van der Waals surface area (Å²) < 4.78 is 1.69. The lowest BCUT2D eigenvalue weighted by molar-refractivity contribution is 0.0961. The van der Waals surface area contributed by atoms with E-state index in [4.69, 9.17) is 0 Å². The van der Waals surface area contributed by atoms with Crippen molar-refractivity contribution in [2.45, 2.75) is 13.5 Å². The van der Waals surface area contributed by atoms with Crippen molar-refractivity contribution in [2.24, 2.45) is 0 Å². The van der Waals surface area contributed by atoms with Gasteiger partial charge in [-0.15, -0.1) is 5.10 Å². The van der Waals surface area contributed by atoms with E-state index >= 15 is 0 Å². The number of hydrogen-bond donors (Lipinski definition) is 2. The summed E-state index contributed by atoms with van der Waals surface area (Å²) in [5.41, 5.74) is 2.99. The van der Waals surface area contributed by atoms with Gasteiger partial charge in [-0.25, -0.2) is 4.68 Å². The van der Waals surface area contributed by atoms with Crippen molar-refractivity contribution >= 4 is 17.5 Å². The topological polar surface area (TPSA) is 88.9 Å². The van der Waals surface area contributed by atoms with Gasteiger partial charge in [0.15, 0.2) is 5.69 Å². The molecule has 3 aromatic rings. The predicted molar refractivity (Wildman–Crippen MR) is 98.1 cm³/mol. The number of carbonyl (C=O) groups is 2. The molecule has 0 bridgehead atoms. The molecule has 0 unspecified atom stereocenters. The first kappa shape index (κ1) is 17.3. The largest absolute Gasteiger partial charge is 0.355 e. The smallest absolute Gasteiger partial charge is 0.278 e. The second-order valence-corrected chi connectivity index (χ2v) is 5.78. The van der Waals surface area contributed by atoms with Gasteiger partial charge in [0.05, 0.1) is 12.2 Å². The van der Waals surface area contributed by atoms with Crippen molar-refractivity contribution in [1.82, 2.24) is 20.3 Å². The highest BCUT2D eigenvalue weighted by Gasteiger charge is 2.17. The zero-order valence-corrected chi connectivity index (χ0v) is 14.6. The van der Waals surface area contributed by atoms with E-state index in [1.165, 1.54) is 0 Å². The van der Waals surface area contributed by atoms with Crippen LogP contribution in [0.4, 0.5) is 5.69 Å². The highest BCUT2D eigenvalue weighted by molar-refractivity contribution is 6.04. The highest BCUT2D eigenvalue weighted by atomic mass is 16.2. The Balaban J connectivity index is 1.76. The highest BCUT2D eigenvalue weighted by Crippen LogP contribution is 2.14. The second kappa shape index (κ2) is 7.60. The zero-order chi connectivity index (χ0) is 18.5. The fourth-order valence-corrected chi connectivity index (χ4v) is 2.55. The minimum absolute atomic E-state index is 0.217. The molecule has 3 rings (SSSR count). The van der Waals surface area contributed by atoms with Crippen LogP contribution in [0.1, 0.15) is 32.1 Å². The third kappa shape index (κ3) is 3.77. The second-order valence-electron chi connectivity index (χ2n) is 5.78. The van der Waals surface area contributed by atoms with Crippen molar-refractivity contribution in [3.05, 3.63) is 77.1 Å². The number of anilines is 1. The molecule has 2 amide bonds. The molecule has 0 radical (unpaired) electrons. The van der Waals surface area contributed by atoms with Crippen LogP contribution in [0, 0.1) is 6.92 Å². The average Bonchev–Trinajstić information content (AvgIpc) is 3.02. The van der Waals surface area contributed by atoms with E-state index in [9.17, 15) is 9.59 Å². The molecule has 0 atom stereocenters. The quantitative estimate of drug-likeness (QED) is 0.739. The molecule has 2 aromatic carbocycles. The van der Waals surface area contributed by atoms with Crippen LogP contribution in [0.5, 0.6) is 0 Å². The van der Waals surface area contributed by atoms with E-state index in [0.717, 1.165) is 5.56 Å². The molecular weight excluding hydrogens is 330 g/mol. The number of rotatable bonds is 5. The Kier molecular flexibility index (Phi) is 5.07. The fourth-order valence-electron chi connectivity index (χ4n) is 2.55. The van der Waals surface area contributed by atoms with Crippen LogP contribution in [0.3, 0.4) is 0 Å². The van der Waals surface area contributed by atoms with E-state index in [1.54, 1.807) is 42.9 Å². The van der Waals surface area contributed by atoms with Crippen LogP contribution in [-0.2, 0) is 6.54 Å². The lowest BCUT2D eigenvalue weighted by atomic mass is 10.2. The van der Waals surface area contributed by atoms with Gasteiger partial charge >= 0.3 is 0 Å². The molecule has 7 heteroatoms. The van der Waals surface area contributed by atoms with Crippen molar-refractivity contribution in [1.29, 1.82) is 0 Å². The Morgan fingerprint density at radius 3 is 2.54 bits per heavy atom. The molecule has 0 aliphatic carbocycles. The van der Waals surface area contributed by atoms with Gasteiger partial charge in [-0.2, -0.15) is 0 Å². The molecule has 1 heterocycles. The average molecular weight is 349 g/mol. The predicted octanol–water partition coefficient (Wildman–Crippen LogP) is 2.25. The Morgan fingerprint density at radius 1 is 1.04 bits per heavy atom. The van der Waals surface area contributed by atoms with Gasteiger partial charge in [0.25, 0.3) is 11.8 Å². The van der Waals surface area contributed by atoms with E-state index in [-0.39, 0.29) is 17.5 Å². The molecule has 2 N–H and O–H groups in total. The van der Waals surface area contributed by atoms with Crippen LogP contribution in [-0.4, -0.2) is 33.9 Å². The van der Waals surface area contributed by atoms with E-state index in [2.05, 4.69) is 20.9 Å². The summed E-state index contributed by atoms with van der Waals surface area (Å²) in [6.45, 7) is 2.35. The van der Waals surface area contributed by atoms with Gasteiger partial charge in [0.1, 0.15) is 0 Å². The summed E-state index contributed by atoms with van der Waals surface area (Å²) in [7, 11) is 1.56. The molecule has 0 aliphatic heterocycles. The minimum atomic E-state index is -0.365. The first-order chi connectivity index (χ1) is 12.6. The Hall–Kier alpha value is -3.48. The number of carbonyl (C=O) groups excluding carboxylic acids is 2. The number of benzene rings is 2. The number of hydrogen-bond acceptors (Lipinski definition) is 4. The molecule has 0 saturated heterocycles. The first-order valence-electron chi connectivity index (χ1n) is 8.16. The summed E-state index contributed by atoms with van der Waals surface area (Å²) >= 11 is 0. The maximum absolute atomic E-state index is 12.5. The van der Waals surface area contributed by atoms with Gasteiger partial charge in [-0.3, -0.25) is 9.59 Å². The molecule has 7 nitrogen and oxygen atoms in total. The SMILES string of the molecule is CNC(=O)c1cccc(NC(=O)c2nnn(Cc3ccccc3)c2C)c1. The van der Waals surface area contributed by atoms with Gasteiger partial charge < -0.3 is 10.6 Å². The van der Waals surface area contributed by atoms with Crippen LogP contribution in [0.2, 0.25) is 0 Å². The van der Waals surface area contributed by atoms with E-state index in [0.29, 0.717) is 23.5 Å². The lowest BCUT2D eigenvalue weighted by Crippen LogP contribution is -2.19. The molecule has 0 saturated carbocycles. The van der Waals surface area contributed by atoms with Crippen LogP contribution in [0.15, 0.2) is 54.6 Å². The van der Waals surface area contributed by atoms with Crippen LogP contribution >= 0.6 is 0 Å². The molecule has 0 aliphatic rings. The van der Waals surface area contributed by atoms with Gasteiger partial charge in [0, 0.05) is 18.3 Å². The monoisotopic (exact) mass is 349 g/mol. The van der Waals surface area contributed by atoms with E-state index < -0.39 is 0 Å². The van der Waals surface area contributed by atoms with Gasteiger partial charge in [-0.1, -0.05) is 41.6 Å². The number of amides is 2. The van der Waals surface area contributed by atoms with Crippen molar-refractivity contribution in [2.75, 3.05) is 12.4 Å². The number of aromatic nitrogens is 3. The van der Waals surface area contributed by atoms with Crippen molar-refractivity contribution < 1.29 is 9.59 Å². The third-order valence-corrected chi connectivity index (χ3v) is 3.98. The number of nitrogens with one attached hydrogen (secondary N) is 2. The molecule has 0 spiro atoms. The summed E-state index contributed by atoms with van der Waals surface area (Å²) in [5.74, 6) is -0.582. The third-order valence-electron chi connectivity index (χ3n) is 3.98. The summed E-state index contributed by atoms with van der Waals surface area (Å²) in [5, 5.41) is 13.4. The van der Waals surface area contributed by atoms with Crippen LogP contribution < -0.4 is 10.6 Å². The standard InChI is InChI=1S/C19H19N5O2/c1-13-17(22-23-24(13)12-14-7-4-3-5-8-14)19(26)21-16-10-6-9-15(11-16)18(25)20-2/h3-11H,12H2,1-2H3,(H,20,25)(H,21,26). The summed E-state index contributed by atoms with van der Waals surface area (Å²) in [6, 6.07) is 16.5. The Bertz CT molecular complexity index is 934. The summed E-state index contributed by atoms with van der Waals surface area (Å²) in [6.07, 6.45) is 0. The maximum atomic E-state index is 12.5. The molecule has 132 valence electrons.